The molecule has 0 aliphatic heterocycles. The Kier molecular flexibility index (Phi) is 3.99. The predicted octanol–water partition coefficient (Wildman–Crippen LogP) is 2.69. The van der Waals surface area contributed by atoms with Crippen molar-refractivity contribution >= 4 is 5.82 Å². The van der Waals surface area contributed by atoms with Gasteiger partial charge in [0.05, 0.1) is 24.9 Å². The van der Waals surface area contributed by atoms with Crippen molar-refractivity contribution in [3.8, 4) is 0 Å². The molecule has 122 valence electrons. The van der Waals surface area contributed by atoms with E-state index in [9.17, 15) is 0 Å². The van der Waals surface area contributed by atoms with Gasteiger partial charge in [0.15, 0.2) is 0 Å². The van der Waals surface area contributed by atoms with Crippen LogP contribution < -0.4 is 5.32 Å². The number of nitrogens with one attached hydrogen (secondary N) is 1. The highest BCUT2D eigenvalue weighted by Gasteiger charge is 2.28. The Labute approximate surface area is 136 Å². The summed E-state index contributed by atoms with van der Waals surface area (Å²) in [7, 11) is 1.72. The maximum atomic E-state index is 5.15. The fourth-order valence-corrected chi connectivity index (χ4v) is 3.21. The molecule has 1 saturated carbocycles. The van der Waals surface area contributed by atoms with Gasteiger partial charge in [-0.05, 0) is 43.7 Å². The first-order chi connectivity index (χ1) is 11.3. The van der Waals surface area contributed by atoms with Crippen LogP contribution in [0.1, 0.15) is 54.7 Å². The summed E-state index contributed by atoms with van der Waals surface area (Å²) in [5.41, 5.74) is 2.51. The molecule has 6 heteroatoms. The molecule has 0 spiro atoms. The summed E-state index contributed by atoms with van der Waals surface area (Å²) in [4.78, 5) is 9.07. The van der Waals surface area contributed by atoms with Crippen LogP contribution in [0.2, 0.25) is 0 Å². The zero-order chi connectivity index (χ0) is 15.6. The second-order valence-electron chi connectivity index (χ2n) is 6.46. The van der Waals surface area contributed by atoms with Crippen LogP contribution in [-0.4, -0.2) is 33.5 Å². The minimum Gasteiger partial charge on any atom is -0.383 e. The monoisotopic (exact) mass is 313 g/mol. The molecule has 2 aliphatic rings. The van der Waals surface area contributed by atoms with E-state index in [1.54, 1.807) is 7.11 Å². The number of ether oxygens (including phenoxy) is 1. The van der Waals surface area contributed by atoms with E-state index in [1.807, 2.05) is 16.9 Å². The number of aryl methyl sites for hydroxylation is 1. The zero-order valence-corrected chi connectivity index (χ0v) is 13.5. The molecule has 0 bridgehead atoms. The first-order valence-corrected chi connectivity index (χ1v) is 8.48. The van der Waals surface area contributed by atoms with Crippen molar-refractivity contribution in [1.29, 1.82) is 0 Å². The molecule has 0 unspecified atom stereocenters. The molecule has 6 nitrogen and oxygen atoms in total. The average molecular weight is 313 g/mol. The van der Waals surface area contributed by atoms with E-state index in [0.717, 1.165) is 31.0 Å². The largest absolute Gasteiger partial charge is 0.383 e. The molecule has 2 aromatic rings. The van der Waals surface area contributed by atoms with Gasteiger partial charge in [0.1, 0.15) is 11.6 Å². The number of hydrogen-bond donors (Lipinski definition) is 1. The first kappa shape index (κ1) is 14.6. The topological polar surface area (TPSA) is 64.9 Å². The van der Waals surface area contributed by atoms with Crippen LogP contribution in [0.25, 0.3) is 0 Å². The van der Waals surface area contributed by atoms with Crippen LogP contribution in [0.4, 0.5) is 5.82 Å². The van der Waals surface area contributed by atoms with Crippen molar-refractivity contribution in [2.45, 2.75) is 50.6 Å². The Bertz CT molecular complexity index is 679. The number of anilines is 1. The van der Waals surface area contributed by atoms with E-state index in [2.05, 4.69) is 21.5 Å². The molecule has 0 aromatic carbocycles. The summed E-state index contributed by atoms with van der Waals surface area (Å²) in [6, 6.07) is 2.20. The molecular weight excluding hydrogens is 290 g/mol. The number of fused-ring (bicyclic) bond motifs is 1. The van der Waals surface area contributed by atoms with Crippen LogP contribution in [0, 0.1) is 0 Å². The quantitative estimate of drug-likeness (QED) is 0.888. The lowest BCUT2D eigenvalue weighted by Gasteiger charge is -2.22. The summed E-state index contributed by atoms with van der Waals surface area (Å²) < 4.78 is 7.15. The highest BCUT2D eigenvalue weighted by molar-refractivity contribution is 5.39. The van der Waals surface area contributed by atoms with Gasteiger partial charge in [0.2, 0.25) is 0 Å². The molecular formula is C17H23N5O. The van der Waals surface area contributed by atoms with Gasteiger partial charge in [-0.15, -0.1) is 0 Å². The molecule has 2 aliphatic carbocycles. The normalized spacial score (nSPS) is 20.3. The van der Waals surface area contributed by atoms with Gasteiger partial charge in [0.25, 0.3) is 0 Å². The molecule has 1 atom stereocenters. The van der Waals surface area contributed by atoms with Crippen LogP contribution in [0.15, 0.2) is 18.5 Å². The molecule has 2 heterocycles. The van der Waals surface area contributed by atoms with Gasteiger partial charge in [-0.1, -0.05) is 0 Å². The molecule has 0 amide bonds. The Balaban J connectivity index is 1.52. The molecule has 0 saturated heterocycles. The minimum absolute atomic E-state index is 0.240. The second-order valence-corrected chi connectivity index (χ2v) is 6.46. The molecule has 1 N–H and O–H groups in total. The number of hydrogen-bond acceptors (Lipinski definition) is 5. The van der Waals surface area contributed by atoms with Gasteiger partial charge >= 0.3 is 0 Å². The third-order valence-electron chi connectivity index (χ3n) is 4.60. The summed E-state index contributed by atoms with van der Waals surface area (Å²) in [6.07, 6.45) is 9.86. The SMILES string of the molecule is COCCn1cc2c(n1)[C@@H](Nc1ccnc(C3CC3)n1)CCC2. The molecule has 23 heavy (non-hydrogen) atoms. The summed E-state index contributed by atoms with van der Waals surface area (Å²) in [5.74, 6) is 2.48. The fraction of sp³-hybridized carbons (Fsp3) is 0.588. The Morgan fingerprint density at radius 2 is 2.26 bits per heavy atom. The van der Waals surface area contributed by atoms with E-state index >= 15 is 0 Å². The molecule has 1 fully saturated rings. The van der Waals surface area contributed by atoms with E-state index in [0.29, 0.717) is 12.5 Å². The lowest BCUT2D eigenvalue weighted by Crippen LogP contribution is -2.18. The van der Waals surface area contributed by atoms with E-state index < -0.39 is 0 Å². The van der Waals surface area contributed by atoms with Crippen LogP contribution in [0.3, 0.4) is 0 Å². The lowest BCUT2D eigenvalue weighted by molar-refractivity contribution is 0.183. The summed E-state index contributed by atoms with van der Waals surface area (Å²) >= 11 is 0. The van der Waals surface area contributed by atoms with Crippen molar-refractivity contribution in [2.24, 2.45) is 0 Å². The van der Waals surface area contributed by atoms with Gasteiger partial charge in [0, 0.05) is 25.4 Å². The number of nitrogens with zero attached hydrogens (tertiary/aromatic N) is 4. The zero-order valence-electron chi connectivity index (χ0n) is 13.5. The highest BCUT2D eigenvalue weighted by Crippen LogP contribution is 2.38. The second kappa shape index (κ2) is 6.28. The smallest absolute Gasteiger partial charge is 0.133 e. The van der Waals surface area contributed by atoms with E-state index in [-0.39, 0.29) is 6.04 Å². The third-order valence-corrected chi connectivity index (χ3v) is 4.60. The lowest BCUT2D eigenvalue weighted by atomic mass is 9.94. The summed E-state index contributed by atoms with van der Waals surface area (Å²) in [6.45, 7) is 1.49. The van der Waals surface area contributed by atoms with Crippen molar-refractivity contribution in [1.82, 2.24) is 19.7 Å². The van der Waals surface area contributed by atoms with Crippen LogP contribution in [0.5, 0.6) is 0 Å². The third kappa shape index (κ3) is 3.22. The number of aromatic nitrogens is 4. The Hall–Kier alpha value is -1.95. The van der Waals surface area contributed by atoms with Crippen LogP contribution in [-0.2, 0) is 17.7 Å². The Morgan fingerprint density at radius 3 is 3.09 bits per heavy atom. The number of rotatable bonds is 6. The van der Waals surface area contributed by atoms with E-state index in [4.69, 9.17) is 9.84 Å². The van der Waals surface area contributed by atoms with Crippen molar-refractivity contribution in [2.75, 3.05) is 19.0 Å². The van der Waals surface area contributed by atoms with Crippen molar-refractivity contribution < 1.29 is 4.74 Å². The standard InChI is InChI=1S/C17H23N5O/c1-23-10-9-22-11-13-3-2-4-14(16(13)21-22)19-15-7-8-18-17(20-15)12-5-6-12/h7-8,11-12,14H,2-6,9-10H2,1H3,(H,18,19,20)/t14-/m0/s1. The minimum atomic E-state index is 0.240. The van der Waals surface area contributed by atoms with Crippen molar-refractivity contribution in [3.05, 3.63) is 35.5 Å². The van der Waals surface area contributed by atoms with Gasteiger partial charge in [-0.3, -0.25) is 4.68 Å². The number of methoxy groups -OCH3 is 1. The Morgan fingerprint density at radius 1 is 1.35 bits per heavy atom. The van der Waals surface area contributed by atoms with Gasteiger partial charge in [-0.25, -0.2) is 9.97 Å². The predicted molar refractivity (Wildman–Crippen MR) is 87.4 cm³/mol. The maximum Gasteiger partial charge on any atom is 0.133 e. The molecule has 0 radical (unpaired) electrons. The molecule has 4 rings (SSSR count). The highest BCUT2D eigenvalue weighted by atomic mass is 16.5. The fourth-order valence-electron chi connectivity index (χ4n) is 3.21. The van der Waals surface area contributed by atoms with Crippen molar-refractivity contribution in [3.63, 3.8) is 0 Å². The van der Waals surface area contributed by atoms with Gasteiger partial charge < -0.3 is 10.1 Å². The van der Waals surface area contributed by atoms with Gasteiger partial charge in [-0.2, -0.15) is 5.10 Å². The average Bonchev–Trinajstić information content (AvgIpc) is 3.33. The van der Waals surface area contributed by atoms with Crippen LogP contribution >= 0.6 is 0 Å². The van der Waals surface area contributed by atoms with E-state index in [1.165, 1.54) is 30.5 Å². The molecule has 2 aromatic heterocycles. The summed E-state index contributed by atoms with van der Waals surface area (Å²) in [5, 5.41) is 8.34. The maximum absolute atomic E-state index is 5.15. The first-order valence-electron chi connectivity index (χ1n) is 8.48.